The van der Waals surface area contributed by atoms with Gasteiger partial charge >= 0.3 is 0 Å². The molecule has 0 atom stereocenters. The van der Waals surface area contributed by atoms with Gasteiger partial charge in [-0.3, -0.25) is 4.79 Å². The molecular weight excluding hydrogens is 360 g/mol. The highest BCUT2D eigenvalue weighted by Crippen LogP contribution is 2.21. The van der Waals surface area contributed by atoms with Gasteiger partial charge in [0.1, 0.15) is 11.5 Å². The Morgan fingerprint density at radius 1 is 1.00 bits per heavy atom. The van der Waals surface area contributed by atoms with Crippen LogP contribution in [0.15, 0.2) is 60.7 Å². The van der Waals surface area contributed by atoms with E-state index < -0.39 is 0 Å². The van der Waals surface area contributed by atoms with Crippen LogP contribution >= 0.6 is 11.6 Å². The van der Waals surface area contributed by atoms with Crippen molar-refractivity contribution < 1.29 is 4.79 Å². The lowest BCUT2D eigenvalue weighted by atomic mass is 10.2. The van der Waals surface area contributed by atoms with Gasteiger partial charge in [-0.05, 0) is 38.1 Å². The number of amides is 1. The van der Waals surface area contributed by atoms with Crippen LogP contribution in [-0.2, 0) is 0 Å². The Balaban J connectivity index is 1.98. The summed E-state index contributed by atoms with van der Waals surface area (Å²) < 4.78 is 0. The Bertz CT molecular complexity index is 909. The van der Waals surface area contributed by atoms with Gasteiger partial charge < -0.3 is 10.2 Å². The molecule has 6 heteroatoms. The minimum atomic E-state index is -0.287. The molecule has 0 aliphatic carbocycles. The van der Waals surface area contributed by atoms with E-state index in [9.17, 15) is 4.79 Å². The van der Waals surface area contributed by atoms with Gasteiger partial charge in [-0.15, -0.1) is 0 Å². The zero-order chi connectivity index (χ0) is 19.2. The third-order valence-corrected chi connectivity index (χ3v) is 4.42. The number of carbonyl (C=O) groups is 1. The second kappa shape index (κ2) is 8.64. The van der Waals surface area contributed by atoms with Crippen LogP contribution in [0, 0.1) is 0 Å². The molecule has 0 unspecified atom stereocenters. The van der Waals surface area contributed by atoms with Crippen LogP contribution in [0.3, 0.4) is 0 Å². The Kier molecular flexibility index (Phi) is 6.04. The number of halogens is 1. The van der Waals surface area contributed by atoms with E-state index in [1.54, 1.807) is 30.3 Å². The summed E-state index contributed by atoms with van der Waals surface area (Å²) in [5.41, 5.74) is 1.85. The molecule has 0 radical (unpaired) electrons. The SMILES string of the molecule is CCN(CC)c1cc(C(=O)Nc2ccc(Cl)cc2)nc(-c2ccccc2)n1. The van der Waals surface area contributed by atoms with Gasteiger partial charge in [0.05, 0.1) is 0 Å². The van der Waals surface area contributed by atoms with Gasteiger partial charge in [0, 0.05) is 35.4 Å². The molecule has 1 amide bonds. The Hall–Kier alpha value is -2.92. The van der Waals surface area contributed by atoms with E-state index in [1.807, 2.05) is 30.3 Å². The Morgan fingerprint density at radius 2 is 1.67 bits per heavy atom. The van der Waals surface area contributed by atoms with Gasteiger partial charge in [0.2, 0.25) is 0 Å². The van der Waals surface area contributed by atoms with Crippen molar-refractivity contribution in [2.75, 3.05) is 23.3 Å². The van der Waals surface area contributed by atoms with E-state index in [4.69, 9.17) is 11.6 Å². The summed E-state index contributed by atoms with van der Waals surface area (Å²) >= 11 is 5.90. The number of hydrogen-bond acceptors (Lipinski definition) is 4. The highest BCUT2D eigenvalue weighted by atomic mass is 35.5. The van der Waals surface area contributed by atoms with E-state index in [-0.39, 0.29) is 5.91 Å². The van der Waals surface area contributed by atoms with Gasteiger partial charge in [0.25, 0.3) is 5.91 Å². The molecule has 0 aliphatic rings. The van der Waals surface area contributed by atoms with Crippen molar-refractivity contribution >= 4 is 29.0 Å². The number of nitrogens with zero attached hydrogens (tertiary/aromatic N) is 3. The number of rotatable bonds is 6. The second-order valence-corrected chi connectivity index (χ2v) is 6.37. The molecule has 1 N–H and O–H groups in total. The normalized spacial score (nSPS) is 10.5. The minimum Gasteiger partial charge on any atom is -0.357 e. The van der Waals surface area contributed by atoms with Crippen LogP contribution < -0.4 is 10.2 Å². The fraction of sp³-hybridized carbons (Fsp3) is 0.190. The predicted octanol–water partition coefficient (Wildman–Crippen LogP) is 4.90. The molecule has 0 aliphatic heterocycles. The highest BCUT2D eigenvalue weighted by molar-refractivity contribution is 6.30. The van der Waals surface area contributed by atoms with Gasteiger partial charge in [0.15, 0.2) is 5.82 Å². The monoisotopic (exact) mass is 380 g/mol. The zero-order valence-electron chi connectivity index (χ0n) is 15.3. The standard InChI is InChI=1S/C21H21ClN4O/c1-3-26(4-2)19-14-18(21(27)23-17-12-10-16(22)11-13-17)24-20(25-19)15-8-6-5-7-9-15/h5-14H,3-4H2,1-2H3,(H,23,27). The van der Waals surface area contributed by atoms with E-state index in [0.717, 1.165) is 24.5 Å². The average Bonchev–Trinajstić information content (AvgIpc) is 2.71. The van der Waals surface area contributed by atoms with Crippen molar-refractivity contribution in [2.24, 2.45) is 0 Å². The summed E-state index contributed by atoms with van der Waals surface area (Å²) in [5.74, 6) is 0.974. The quantitative estimate of drug-likeness (QED) is 0.661. The first-order chi connectivity index (χ1) is 13.1. The Labute approximate surface area is 164 Å². The molecule has 1 heterocycles. The minimum absolute atomic E-state index is 0.287. The fourth-order valence-electron chi connectivity index (χ4n) is 2.71. The average molecular weight is 381 g/mol. The van der Waals surface area contributed by atoms with Crippen LogP contribution in [0.2, 0.25) is 5.02 Å². The van der Waals surface area contributed by atoms with Crippen molar-refractivity contribution in [1.29, 1.82) is 0 Å². The lowest BCUT2D eigenvalue weighted by Gasteiger charge is -2.21. The number of benzene rings is 2. The van der Waals surface area contributed by atoms with Crippen molar-refractivity contribution in [3.8, 4) is 11.4 Å². The van der Waals surface area contributed by atoms with Crippen LogP contribution in [0.5, 0.6) is 0 Å². The van der Waals surface area contributed by atoms with Crippen LogP contribution in [0.1, 0.15) is 24.3 Å². The first-order valence-corrected chi connectivity index (χ1v) is 9.25. The molecule has 0 saturated carbocycles. The van der Waals surface area contributed by atoms with Gasteiger partial charge in [-0.25, -0.2) is 9.97 Å². The molecule has 27 heavy (non-hydrogen) atoms. The number of aromatic nitrogens is 2. The van der Waals surface area contributed by atoms with Crippen molar-refractivity contribution in [3.05, 3.63) is 71.4 Å². The number of hydrogen-bond donors (Lipinski definition) is 1. The molecule has 138 valence electrons. The first-order valence-electron chi connectivity index (χ1n) is 8.87. The number of carbonyl (C=O) groups excluding carboxylic acids is 1. The van der Waals surface area contributed by atoms with Crippen molar-refractivity contribution in [3.63, 3.8) is 0 Å². The van der Waals surface area contributed by atoms with Crippen molar-refractivity contribution in [1.82, 2.24) is 9.97 Å². The molecule has 0 bridgehead atoms. The smallest absolute Gasteiger partial charge is 0.274 e. The second-order valence-electron chi connectivity index (χ2n) is 5.93. The van der Waals surface area contributed by atoms with Gasteiger partial charge in [-0.1, -0.05) is 41.9 Å². The summed E-state index contributed by atoms with van der Waals surface area (Å²) in [6.45, 7) is 5.70. The van der Waals surface area contributed by atoms with Crippen molar-refractivity contribution in [2.45, 2.75) is 13.8 Å². The molecule has 1 aromatic heterocycles. The van der Waals surface area contributed by atoms with Crippen LogP contribution in [-0.4, -0.2) is 29.0 Å². The molecule has 3 rings (SSSR count). The first kappa shape index (κ1) is 18.9. The molecule has 2 aromatic carbocycles. The summed E-state index contributed by atoms with van der Waals surface area (Å²) in [7, 11) is 0. The summed E-state index contributed by atoms with van der Waals surface area (Å²) in [6.07, 6.45) is 0. The van der Waals surface area contributed by atoms with E-state index in [2.05, 4.69) is 34.0 Å². The number of nitrogens with one attached hydrogen (secondary N) is 1. The van der Waals surface area contributed by atoms with E-state index in [1.165, 1.54) is 0 Å². The molecule has 0 fully saturated rings. The third kappa shape index (κ3) is 4.63. The zero-order valence-corrected chi connectivity index (χ0v) is 16.1. The maximum absolute atomic E-state index is 12.8. The van der Waals surface area contributed by atoms with E-state index in [0.29, 0.717) is 22.2 Å². The molecule has 5 nitrogen and oxygen atoms in total. The molecule has 0 saturated heterocycles. The fourth-order valence-corrected chi connectivity index (χ4v) is 2.83. The molecule has 3 aromatic rings. The maximum Gasteiger partial charge on any atom is 0.274 e. The van der Waals surface area contributed by atoms with Crippen LogP contribution in [0.4, 0.5) is 11.5 Å². The topological polar surface area (TPSA) is 58.1 Å². The highest BCUT2D eigenvalue weighted by Gasteiger charge is 2.15. The Morgan fingerprint density at radius 3 is 2.30 bits per heavy atom. The maximum atomic E-state index is 12.8. The lowest BCUT2D eigenvalue weighted by Crippen LogP contribution is -2.24. The summed E-state index contributed by atoms with van der Waals surface area (Å²) in [6, 6.07) is 18.4. The molecule has 0 spiro atoms. The number of anilines is 2. The summed E-state index contributed by atoms with van der Waals surface area (Å²) in [5, 5.41) is 3.48. The van der Waals surface area contributed by atoms with Crippen LogP contribution in [0.25, 0.3) is 11.4 Å². The largest absolute Gasteiger partial charge is 0.357 e. The molecular formula is C21H21ClN4O. The lowest BCUT2D eigenvalue weighted by molar-refractivity contribution is 0.102. The van der Waals surface area contributed by atoms with E-state index >= 15 is 0 Å². The van der Waals surface area contributed by atoms with Gasteiger partial charge in [-0.2, -0.15) is 0 Å². The third-order valence-electron chi connectivity index (χ3n) is 4.17. The predicted molar refractivity (Wildman–Crippen MR) is 110 cm³/mol. The summed E-state index contributed by atoms with van der Waals surface area (Å²) in [4.78, 5) is 24.0.